The van der Waals surface area contributed by atoms with Gasteiger partial charge in [-0.2, -0.15) is 5.10 Å². The Morgan fingerprint density at radius 3 is 2.95 bits per heavy atom. The predicted molar refractivity (Wildman–Crippen MR) is 81.9 cm³/mol. The number of aromatic nitrogens is 2. The van der Waals surface area contributed by atoms with E-state index in [0.29, 0.717) is 18.8 Å². The maximum Gasteiger partial charge on any atom is 0.272 e. The standard InChI is InChI=1S/C16H20N4O/c1-3-12-9-15(19(2)18-12)16(21)20-8-7-13-11(10-20)5-4-6-14(13)17/h4-6,9H,3,7-8,10,17H2,1-2H3. The van der Waals surface area contributed by atoms with Gasteiger partial charge in [-0.1, -0.05) is 19.1 Å². The fraction of sp³-hybridized carbons (Fsp3) is 0.375. The smallest absolute Gasteiger partial charge is 0.272 e. The number of nitrogens with zero attached hydrogens (tertiary/aromatic N) is 3. The molecule has 2 heterocycles. The van der Waals surface area contributed by atoms with Crippen molar-refractivity contribution in [3.63, 3.8) is 0 Å². The molecule has 0 saturated heterocycles. The van der Waals surface area contributed by atoms with Gasteiger partial charge in [-0.3, -0.25) is 9.48 Å². The summed E-state index contributed by atoms with van der Waals surface area (Å²) in [5, 5.41) is 4.35. The number of nitrogen functional groups attached to an aromatic ring is 1. The zero-order valence-electron chi connectivity index (χ0n) is 12.5. The van der Waals surface area contributed by atoms with Gasteiger partial charge in [0.05, 0.1) is 5.69 Å². The van der Waals surface area contributed by atoms with Crippen LogP contribution >= 0.6 is 0 Å². The number of carbonyl (C=O) groups is 1. The van der Waals surface area contributed by atoms with Gasteiger partial charge in [0.2, 0.25) is 0 Å². The van der Waals surface area contributed by atoms with Crippen LogP contribution in [-0.2, 0) is 26.4 Å². The second-order valence-electron chi connectivity index (χ2n) is 5.46. The van der Waals surface area contributed by atoms with E-state index >= 15 is 0 Å². The monoisotopic (exact) mass is 284 g/mol. The highest BCUT2D eigenvalue weighted by Gasteiger charge is 2.25. The second-order valence-corrected chi connectivity index (χ2v) is 5.46. The van der Waals surface area contributed by atoms with E-state index in [2.05, 4.69) is 5.10 Å². The van der Waals surface area contributed by atoms with Gasteiger partial charge in [-0.15, -0.1) is 0 Å². The molecule has 2 N–H and O–H groups in total. The summed E-state index contributed by atoms with van der Waals surface area (Å²) in [5.74, 6) is 0.0396. The number of anilines is 1. The van der Waals surface area contributed by atoms with Crippen molar-refractivity contribution in [1.82, 2.24) is 14.7 Å². The molecule has 21 heavy (non-hydrogen) atoms. The molecule has 1 aromatic heterocycles. The lowest BCUT2D eigenvalue weighted by Crippen LogP contribution is -2.37. The Balaban J connectivity index is 1.85. The number of fused-ring (bicyclic) bond motifs is 1. The SMILES string of the molecule is CCc1cc(C(=O)N2CCc3c(N)cccc3C2)n(C)n1. The van der Waals surface area contributed by atoms with Gasteiger partial charge in [0.1, 0.15) is 5.69 Å². The highest BCUT2D eigenvalue weighted by molar-refractivity contribution is 5.93. The van der Waals surface area contributed by atoms with E-state index in [0.717, 1.165) is 29.8 Å². The van der Waals surface area contributed by atoms with Crippen molar-refractivity contribution in [2.24, 2.45) is 7.05 Å². The van der Waals surface area contributed by atoms with Crippen LogP contribution in [0.5, 0.6) is 0 Å². The molecule has 0 aliphatic carbocycles. The van der Waals surface area contributed by atoms with E-state index in [1.807, 2.05) is 43.1 Å². The normalized spacial score (nSPS) is 14.1. The van der Waals surface area contributed by atoms with Gasteiger partial charge in [-0.05, 0) is 36.1 Å². The van der Waals surface area contributed by atoms with Crippen LogP contribution in [0, 0.1) is 0 Å². The first-order chi connectivity index (χ1) is 10.1. The lowest BCUT2D eigenvalue weighted by Gasteiger charge is -2.29. The molecule has 0 unspecified atom stereocenters. The number of aryl methyl sites for hydroxylation is 2. The fourth-order valence-corrected chi connectivity index (χ4v) is 2.87. The summed E-state index contributed by atoms with van der Waals surface area (Å²) >= 11 is 0. The third-order valence-electron chi connectivity index (χ3n) is 4.10. The molecule has 1 aliphatic heterocycles. The van der Waals surface area contributed by atoms with Crippen molar-refractivity contribution in [3.05, 3.63) is 46.8 Å². The molecule has 5 heteroatoms. The molecule has 110 valence electrons. The third kappa shape index (κ3) is 2.39. The van der Waals surface area contributed by atoms with E-state index in [4.69, 9.17) is 5.73 Å². The molecule has 0 spiro atoms. The van der Waals surface area contributed by atoms with Crippen LogP contribution < -0.4 is 5.73 Å². The molecule has 0 atom stereocenters. The first kappa shape index (κ1) is 13.7. The van der Waals surface area contributed by atoms with E-state index < -0.39 is 0 Å². The van der Waals surface area contributed by atoms with Crippen molar-refractivity contribution in [3.8, 4) is 0 Å². The number of nitrogens with two attached hydrogens (primary N) is 1. The summed E-state index contributed by atoms with van der Waals surface area (Å²) in [7, 11) is 1.82. The summed E-state index contributed by atoms with van der Waals surface area (Å²) in [6.07, 6.45) is 1.65. The third-order valence-corrected chi connectivity index (χ3v) is 4.10. The highest BCUT2D eigenvalue weighted by Crippen LogP contribution is 2.25. The van der Waals surface area contributed by atoms with Gasteiger partial charge in [-0.25, -0.2) is 0 Å². The zero-order valence-corrected chi connectivity index (χ0v) is 12.5. The summed E-state index contributed by atoms with van der Waals surface area (Å²) in [6.45, 7) is 3.36. The van der Waals surface area contributed by atoms with Gasteiger partial charge >= 0.3 is 0 Å². The molecule has 1 aromatic carbocycles. The van der Waals surface area contributed by atoms with Crippen molar-refractivity contribution in [2.45, 2.75) is 26.3 Å². The molecule has 0 saturated carbocycles. The Labute approximate surface area is 124 Å². The number of rotatable bonds is 2. The van der Waals surface area contributed by atoms with Crippen LogP contribution in [0.3, 0.4) is 0 Å². The largest absolute Gasteiger partial charge is 0.398 e. The number of hydrogen-bond donors (Lipinski definition) is 1. The second kappa shape index (κ2) is 5.24. The van der Waals surface area contributed by atoms with Crippen molar-refractivity contribution < 1.29 is 4.79 Å². The van der Waals surface area contributed by atoms with Gasteiger partial charge in [0.15, 0.2) is 0 Å². The van der Waals surface area contributed by atoms with Crippen LogP contribution in [0.1, 0.15) is 34.2 Å². The summed E-state index contributed by atoms with van der Waals surface area (Å²) in [6, 6.07) is 7.80. The van der Waals surface area contributed by atoms with Gasteiger partial charge in [0.25, 0.3) is 5.91 Å². The number of carbonyl (C=O) groups excluding carboxylic acids is 1. The minimum atomic E-state index is 0.0396. The molecule has 0 bridgehead atoms. The predicted octanol–water partition coefficient (Wildman–Crippen LogP) is 1.76. The quantitative estimate of drug-likeness (QED) is 0.855. The lowest BCUT2D eigenvalue weighted by atomic mass is 9.98. The van der Waals surface area contributed by atoms with Crippen LogP contribution in [0.15, 0.2) is 24.3 Å². The molecule has 1 aliphatic rings. The zero-order chi connectivity index (χ0) is 15.0. The maximum absolute atomic E-state index is 12.7. The molecular weight excluding hydrogens is 264 g/mol. The first-order valence-electron chi connectivity index (χ1n) is 7.28. The summed E-state index contributed by atoms with van der Waals surface area (Å²) in [5.41, 5.74) is 10.8. The average molecular weight is 284 g/mol. The van der Waals surface area contributed by atoms with Gasteiger partial charge < -0.3 is 10.6 Å². The average Bonchev–Trinajstić information content (AvgIpc) is 2.87. The Morgan fingerprint density at radius 1 is 1.43 bits per heavy atom. The molecule has 0 fully saturated rings. The van der Waals surface area contributed by atoms with Crippen LogP contribution in [0.25, 0.3) is 0 Å². The van der Waals surface area contributed by atoms with Crippen LogP contribution in [0.2, 0.25) is 0 Å². The van der Waals surface area contributed by atoms with E-state index in [-0.39, 0.29) is 5.91 Å². The van der Waals surface area contributed by atoms with E-state index in [1.165, 1.54) is 5.56 Å². The summed E-state index contributed by atoms with van der Waals surface area (Å²) < 4.78 is 1.68. The van der Waals surface area contributed by atoms with Gasteiger partial charge in [0, 0.05) is 25.8 Å². The molecule has 1 amide bonds. The number of hydrogen-bond acceptors (Lipinski definition) is 3. The minimum Gasteiger partial charge on any atom is -0.398 e. The Morgan fingerprint density at radius 2 is 2.24 bits per heavy atom. The van der Waals surface area contributed by atoms with E-state index in [1.54, 1.807) is 4.68 Å². The maximum atomic E-state index is 12.7. The summed E-state index contributed by atoms with van der Waals surface area (Å²) in [4.78, 5) is 14.6. The minimum absolute atomic E-state index is 0.0396. The molecule has 2 aromatic rings. The fourth-order valence-electron chi connectivity index (χ4n) is 2.87. The number of benzene rings is 1. The van der Waals surface area contributed by atoms with Crippen LogP contribution in [0.4, 0.5) is 5.69 Å². The van der Waals surface area contributed by atoms with Crippen molar-refractivity contribution in [2.75, 3.05) is 12.3 Å². The van der Waals surface area contributed by atoms with Crippen LogP contribution in [-0.4, -0.2) is 27.1 Å². The molecule has 0 radical (unpaired) electrons. The number of amides is 1. The highest BCUT2D eigenvalue weighted by atomic mass is 16.2. The van der Waals surface area contributed by atoms with E-state index in [9.17, 15) is 4.79 Å². The Bertz CT molecular complexity index is 690. The van der Waals surface area contributed by atoms with Crippen molar-refractivity contribution >= 4 is 11.6 Å². The Kier molecular flexibility index (Phi) is 3.41. The lowest BCUT2D eigenvalue weighted by molar-refractivity contribution is 0.0723. The Hall–Kier alpha value is -2.30. The van der Waals surface area contributed by atoms with Crippen molar-refractivity contribution in [1.29, 1.82) is 0 Å². The first-order valence-corrected chi connectivity index (χ1v) is 7.28. The topological polar surface area (TPSA) is 64.2 Å². The molecule has 5 nitrogen and oxygen atoms in total. The molecule has 3 rings (SSSR count). The molecular formula is C16H20N4O.